The predicted octanol–water partition coefficient (Wildman–Crippen LogP) is 1.68. The Hall–Kier alpha value is -1.71. The van der Waals surface area contributed by atoms with Crippen molar-refractivity contribution in [3.63, 3.8) is 0 Å². The van der Waals surface area contributed by atoms with Crippen molar-refractivity contribution in [3.8, 4) is 0 Å². The number of rotatable bonds is 3. The maximum absolute atomic E-state index is 4.19. The molecule has 0 fully saturated rings. The summed E-state index contributed by atoms with van der Waals surface area (Å²) in [5, 5.41) is 7.56. The molecule has 0 aliphatic rings. The van der Waals surface area contributed by atoms with Gasteiger partial charge in [0.25, 0.3) is 0 Å². The molecule has 4 nitrogen and oxygen atoms in total. The summed E-state index contributed by atoms with van der Waals surface area (Å²) in [6, 6.07) is 4.16. The van der Waals surface area contributed by atoms with Crippen molar-refractivity contribution in [1.82, 2.24) is 14.3 Å². The molecule has 0 saturated carbocycles. The van der Waals surface area contributed by atoms with Crippen LogP contribution in [0.15, 0.2) is 24.5 Å². The Kier molecular flexibility index (Phi) is 2.49. The zero-order valence-electron chi connectivity index (χ0n) is 9.36. The third kappa shape index (κ3) is 1.88. The van der Waals surface area contributed by atoms with Gasteiger partial charge in [-0.15, -0.1) is 0 Å². The first kappa shape index (κ1) is 9.83. The summed E-state index contributed by atoms with van der Waals surface area (Å²) in [5.74, 6) is 0. The zero-order chi connectivity index (χ0) is 10.8. The molecular weight excluding hydrogens is 188 g/mol. The van der Waals surface area contributed by atoms with Crippen LogP contribution in [0.1, 0.15) is 11.4 Å². The number of anilines is 1. The van der Waals surface area contributed by atoms with Gasteiger partial charge in [-0.25, -0.2) is 0 Å². The van der Waals surface area contributed by atoms with Gasteiger partial charge in [-0.1, -0.05) is 0 Å². The topological polar surface area (TPSA) is 34.8 Å². The number of hydrogen-bond acceptors (Lipinski definition) is 2. The van der Waals surface area contributed by atoms with E-state index in [2.05, 4.69) is 28.0 Å². The summed E-state index contributed by atoms with van der Waals surface area (Å²) < 4.78 is 3.98. The molecule has 0 aliphatic heterocycles. The quantitative estimate of drug-likeness (QED) is 0.825. The van der Waals surface area contributed by atoms with Crippen LogP contribution in [0.3, 0.4) is 0 Å². The van der Waals surface area contributed by atoms with Gasteiger partial charge in [0.05, 0.1) is 24.1 Å². The van der Waals surface area contributed by atoms with Crippen molar-refractivity contribution in [2.24, 2.45) is 14.1 Å². The second-order valence-corrected chi connectivity index (χ2v) is 3.73. The molecule has 15 heavy (non-hydrogen) atoms. The summed E-state index contributed by atoms with van der Waals surface area (Å²) in [5.41, 5.74) is 3.51. The van der Waals surface area contributed by atoms with Gasteiger partial charge in [0.2, 0.25) is 0 Å². The lowest BCUT2D eigenvalue weighted by atomic mass is 10.3. The first-order valence-corrected chi connectivity index (χ1v) is 5.01. The first-order valence-electron chi connectivity index (χ1n) is 5.01. The van der Waals surface area contributed by atoms with Crippen LogP contribution in [0.2, 0.25) is 0 Å². The molecule has 0 aliphatic carbocycles. The highest BCUT2D eigenvalue weighted by molar-refractivity contribution is 5.45. The van der Waals surface area contributed by atoms with Crippen LogP contribution >= 0.6 is 0 Å². The molecule has 2 aromatic rings. The molecule has 2 heterocycles. The number of aromatic nitrogens is 3. The van der Waals surface area contributed by atoms with Gasteiger partial charge in [-0.3, -0.25) is 4.68 Å². The van der Waals surface area contributed by atoms with E-state index in [1.165, 1.54) is 5.69 Å². The van der Waals surface area contributed by atoms with Crippen molar-refractivity contribution in [2.45, 2.75) is 13.5 Å². The van der Waals surface area contributed by atoms with Crippen LogP contribution < -0.4 is 5.32 Å². The molecule has 0 amide bonds. The van der Waals surface area contributed by atoms with Gasteiger partial charge < -0.3 is 9.88 Å². The van der Waals surface area contributed by atoms with Gasteiger partial charge >= 0.3 is 0 Å². The molecule has 0 spiro atoms. The van der Waals surface area contributed by atoms with Gasteiger partial charge in [0.1, 0.15) is 0 Å². The molecular formula is C11H16N4. The standard InChI is InChI=1S/C11H16N4/c1-9-11(8-13-15(9)3)12-7-10-5-4-6-14(10)2/h4-6,8,12H,7H2,1-3H3. The van der Waals surface area contributed by atoms with Gasteiger partial charge in [0, 0.05) is 26.0 Å². The fourth-order valence-corrected chi connectivity index (χ4v) is 1.54. The summed E-state index contributed by atoms with van der Waals surface area (Å²) in [6.45, 7) is 2.89. The Balaban J connectivity index is 2.05. The van der Waals surface area contributed by atoms with Crippen molar-refractivity contribution in [2.75, 3.05) is 5.32 Å². The zero-order valence-corrected chi connectivity index (χ0v) is 9.36. The minimum absolute atomic E-state index is 0.829. The summed E-state index contributed by atoms with van der Waals surface area (Å²) in [7, 11) is 4.00. The molecule has 0 unspecified atom stereocenters. The predicted molar refractivity (Wildman–Crippen MR) is 60.7 cm³/mol. The molecule has 2 aromatic heterocycles. The van der Waals surface area contributed by atoms with E-state index in [1.54, 1.807) is 0 Å². The maximum Gasteiger partial charge on any atom is 0.0759 e. The van der Waals surface area contributed by atoms with Crippen LogP contribution in [-0.2, 0) is 20.6 Å². The Bertz CT molecular complexity index is 453. The van der Waals surface area contributed by atoms with Crippen LogP contribution in [0, 0.1) is 6.92 Å². The normalized spacial score (nSPS) is 10.6. The van der Waals surface area contributed by atoms with Gasteiger partial charge in [0.15, 0.2) is 0 Å². The molecule has 80 valence electrons. The molecule has 0 atom stereocenters. The molecule has 0 saturated heterocycles. The molecule has 2 rings (SSSR count). The van der Waals surface area contributed by atoms with E-state index in [-0.39, 0.29) is 0 Å². The monoisotopic (exact) mass is 204 g/mol. The lowest BCUT2D eigenvalue weighted by Crippen LogP contribution is -2.04. The van der Waals surface area contributed by atoms with E-state index < -0.39 is 0 Å². The fraction of sp³-hybridized carbons (Fsp3) is 0.364. The Labute approximate surface area is 89.5 Å². The Morgan fingerprint density at radius 3 is 2.73 bits per heavy atom. The number of nitrogens with zero attached hydrogens (tertiary/aromatic N) is 3. The Morgan fingerprint density at radius 2 is 2.20 bits per heavy atom. The highest BCUT2D eigenvalue weighted by atomic mass is 15.3. The lowest BCUT2D eigenvalue weighted by molar-refractivity contribution is 0.740. The largest absolute Gasteiger partial charge is 0.377 e. The molecule has 0 radical (unpaired) electrons. The SMILES string of the molecule is Cc1c(NCc2cccn2C)cnn1C. The molecule has 0 aromatic carbocycles. The third-order valence-corrected chi connectivity index (χ3v) is 2.75. The van der Waals surface area contributed by atoms with E-state index in [9.17, 15) is 0 Å². The first-order chi connectivity index (χ1) is 7.18. The Morgan fingerprint density at radius 1 is 1.40 bits per heavy atom. The average molecular weight is 204 g/mol. The average Bonchev–Trinajstić information content (AvgIpc) is 2.74. The summed E-state index contributed by atoms with van der Waals surface area (Å²) in [4.78, 5) is 0. The van der Waals surface area contributed by atoms with Gasteiger partial charge in [-0.05, 0) is 19.1 Å². The van der Waals surface area contributed by atoms with Crippen LogP contribution in [-0.4, -0.2) is 14.3 Å². The van der Waals surface area contributed by atoms with Crippen LogP contribution in [0.5, 0.6) is 0 Å². The van der Waals surface area contributed by atoms with E-state index in [0.29, 0.717) is 0 Å². The highest BCUT2D eigenvalue weighted by Crippen LogP contribution is 2.13. The number of nitrogens with one attached hydrogen (secondary N) is 1. The number of aryl methyl sites for hydroxylation is 2. The highest BCUT2D eigenvalue weighted by Gasteiger charge is 2.03. The van der Waals surface area contributed by atoms with Crippen molar-refractivity contribution in [1.29, 1.82) is 0 Å². The molecule has 1 N–H and O–H groups in total. The minimum Gasteiger partial charge on any atom is -0.377 e. The summed E-state index contributed by atoms with van der Waals surface area (Å²) in [6.07, 6.45) is 3.91. The van der Waals surface area contributed by atoms with Crippen LogP contribution in [0.25, 0.3) is 0 Å². The molecule has 4 heteroatoms. The summed E-state index contributed by atoms with van der Waals surface area (Å²) >= 11 is 0. The number of hydrogen-bond donors (Lipinski definition) is 1. The van der Waals surface area contributed by atoms with Crippen molar-refractivity contribution >= 4 is 5.69 Å². The van der Waals surface area contributed by atoms with Crippen LogP contribution in [0.4, 0.5) is 5.69 Å². The van der Waals surface area contributed by atoms with E-state index >= 15 is 0 Å². The smallest absolute Gasteiger partial charge is 0.0759 e. The van der Waals surface area contributed by atoms with Crippen molar-refractivity contribution < 1.29 is 0 Å². The molecule has 0 bridgehead atoms. The van der Waals surface area contributed by atoms with E-state index in [0.717, 1.165) is 17.9 Å². The fourth-order valence-electron chi connectivity index (χ4n) is 1.54. The third-order valence-electron chi connectivity index (χ3n) is 2.75. The second-order valence-electron chi connectivity index (χ2n) is 3.73. The van der Waals surface area contributed by atoms with E-state index in [1.807, 2.05) is 37.2 Å². The van der Waals surface area contributed by atoms with Crippen molar-refractivity contribution in [3.05, 3.63) is 35.9 Å². The van der Waals surface area contributed by atoms with Gasteiger partial charge in [-0.2, -0.15) is 5.10 Å². The minimum atomic E-state index is 0.829. The lowest BCUT2D eigenvalue weighted by Gasteiger charge is -2.06. The van der Waals surface area contributed by atoms with E-state index in [4.69, 9.17) is 0 Å². The maximum atomic E-state index is 4.19. The second kappa shape index (κ2) is 3.81.